The van der Waals surface area contributed by atoms with Gasteiger partial charge in [0.15, 0.2) is 0 Å². The van der Waals surface area contributed by atoms with E-state index >= 15 is 0 Å². The van der Waals surface area contributed by atoms with Crippen molar-refractivity contribution in [2.75, 3.05) is 25.9 Å². The van der Waals surface area contributed by atoms with Crippen LogP contribution in [0.1, 0.15) is 71.8 Å². The molecule has 0 radical (unpaired) electrons. The van der Waals surface area contributed by atoms with E-state index in [4.69, 9.17) is 0 Å². The van der Waals surface area contributed by atoms with Gasteiger partial charge < -0.3 is 9.04 Å². The van der Waals surface area contributed by atoms with E-state index in [9.17, 15) is 13.0 Å². The highest BCUT2D eigenvalue weighted by molar-refractivity contribution is 7.85. The fraction of sp³-hybridized carbons (Fsp3) is 0.556. The van der Waals surface area contributed by atoms with Crippen LogP contribution in [0, 0.1) is 0 Å². The molecule has 180 valence electrons. The van der Waals surface area contributed by atoms with Gasteiger partial charge in [0.05, 0.1) is 30.3 Å². The molecular weight excluding hydrogens is 418 g/mol. The molecule has 0 saturated heterocycles. The number of benzene rings is 1. The molecule has 4 nitrogen and oxygen atoms in total. The van der Waals surface area contributed by atoms with E-state index in [1.807, 2.05) is 6.07 Å². The van der Waals surface area contributed by atoms with Crippen molar-refractivity contribution in [2.24, 2.45) is 0 Å². The van der Waals surface area contributed by atoms with Gasteiger partial charge in [0.1, 0.15) is 6.54 Å². The molecule has 32 heavy (non-hydrogen) atoms. The van der Waals surface area contributed by atoms with Gasteiger partial charge in [-0.25, -0.2) is 8.42 Å². The summed E-state index contributed by atoms with van der Waals surface area (Å²) in [6.45, 7) is 11.3. The fourth-order valence-corrected chi connectivity index (χ4v) is 4.30. The maximum absolute atomic E-state index is 10.9. The summed E-state index contributed by atoms with van der Waals surface area (Å²) in [5.74, 6) is -0.271. The first-order valence-corrected chi connectivity index (χ1v) is 13.3. The summed E-state index contributed by atoms with van der Waals surface area (Å²) in [4.78, 5) is 0. The number of allylic oxidation sites excluding steroid dienone is 5. The highest BCUT2D eigenvalue weighted by Crippen LogP contribution is 2.17. The van der Waals surface area contributed by atoms with Crippen molar-refractivity contribution in [3.8, 4) is 0 Å². The van der Waals surface area contributed by atoms with Crippen LogP contribution in [0.15, 0.2) is 65.3 Å². The van der Waals surface area contributed by atoms with E-state index in [2.05, 4.69) is 77.2 Å². The van der Waals surface area contributed by atoms with Gasteiger partial charge in [0, 0.05) is 11.3 Å². The Morgan fingerprint density at radius 2 is 1.50 bits per heavy atom. The van der Waals surface area contributed by atoms with Gasteiger partial charge in [-0.2, -0.15) is 0 Å². The first kappa shape index (κ1) is 28.3. The lowest BCUT2D eigenvalue weighted by atomic mass is 10.1. The molecule has 1 atom stereocenters. The van der Waals surface area contributed by atoms with Crippen molar-refractivity contribution in [3.63, 3.8) is 0 Å². The predicted molar refractivity (Wildman–Crippen MR) is 135 cm³/mol. The normalized spacial score (nSPS) is 14.8. The van der Waals surface area contributed by atoms with E-state index in [-0.39, 0.29) is 5.75 Å². The Balaban J connectivity index is 2.66. The minimum atomic E-state index is -4.13. The van der Waals surface area contributed by atoms with Crippen LogP contribution in [0.4, 0.5) is 0 Å². The first-order valence-electron chi connectivity index (χ1n) is 11.7. The minimum Gasteiger partial charge on any atom is -0.748 e. The highest BCUT2D eigenvalue weighted by Gasteiger charge is 2.20. The summed E-state index contributed by atoms with van der Waals surface area (Å²) < 4.78 is 33.6. The molecule has 1 rings (SSSR count). The predicted octanol–water partition coefficient (Wildman–Crippen LogP) is 6.38. The van der Waals surface area contributed by atoms with Crippen molar-refractivity contribution in [1.29, 1.82) is 0 Å². The molecule has 1 aromatic rings. The Hall–Kier alpha value is -1.69. The van der Waals surface area contributed by atoms with Gasteiger partial charge in [-0.05, 0) is 72.3 Å². The first-order chi connectivity index (χ1) is 15.0. The maximum Gasteiger partial charge on any atom is 0.104 e. The minimum absolute atomic E-state index is 0.271. The van der Waals surface area contributed by atoms with Crippen LogP contribution in [0.25, 0.3) is 0 Å². The standard InChI is InChI=1S/C27H43NO3S/c1-24(2)13-11-14-25(3)15-12-16-26(4)19-21-28(5,20-9-10-22-32(29,30)31)23-27-17-7-6-8-18-27/h6-8,13,15,17-19H,9-12,14,16,20-23H2,1-5H3/b25-15+,26-19+. The lowest BCUT2D eigenvalue weighted by molar-refractivity contribution is -0.917. The maximum atomic E-state index is 10.9. The third-order valence-electron chi connectivity index (χ3n) is 5.75. The molecule has 0 aliphatic carbocycles. The summed E-state index contributed by atoms with van der Waals surface area (Å²) in [5.41, 5.74) is 5.49. The SMILES string of the molecule is CC(C)=CCC/C(C)=C/CC/C(C)=C/C[N+](C)(CCCCS(=O)(=O)[O-])Cc1ccccc1. The van der Waals surface area contributed by atoms with Crippen molar-refractivity contribution < 1.29 is 17.5 Å². The summed E-state index contributed by atoms with van der Waals surface area (Å²) >= 11 is 0. The smallest absolute Gasteiger partial charge is 0.104 e. The molecule has 0 bridgehead atoms. The van der Waals surface area contributed by atoms with Gasteiger partial charge in [0.25, 0.3) is 0 Å². The van der Waals surface area contributed by atoms with Gasteiger partial charge in [-0.1, -0.05) is 59.2 Å². The quantitative estimate of drug-likeness (QED) is 0.132. The average molecular weight is 462 g/mol. The largest absolute Gasteiger partial charge is 0.748 e. The number of nitrogens with zero attached hydrogens (tertiary/aromatic N) is 1. The highest BCUT2D eigenvalue weighted by atomic mass is 32.2. The molecule has 0 saturated carbocycles. The number of rotatable bonds is 15. The molecule has 0 heterocycles. The van der Waals surface area contributed by atoms with E-state index < -0.39 is 10.1 Å². The molecule has 1 aromatic carbocycles. The molecule has 0 aliphatic rings. The van der Waals surface area contributed by atoms with Crippen LogP contribution in [0.5, 0.6) is 0 Å². The summed E-state index contributed by atoms with van der Waals surface area (Å²) in [6, 6.07) is 10.4. The van der Waals surface area contributed by atoms with Crippen LogP contribution < -0.4 is 0 Å². The topological polar surface area (TPSA) is 57.2 Å². The molecule has 0 amide bonds. The van der Waals surface area contributed by atoms with E-state index in [1.54, 1.807) is 0 Å². The second-order valence-corrected chi connectivity index (χ2v) is 11.1. The number of hydrogen-bond donors (Lipinski definition) is 0. The second-order valence-electron chi connectivity index (χ2n) is 9.60. The van der Waals surface area contributed by atoms with Crippen LogP contribution >= 0.6 is 0 Å². The Morgan fingerprint density at radius 3 is 2.09 bits per heavy atom. The molecule has 1 unspecified atom stereocenters. The third kappa shape index (κ3) is 14.4. The van der Waals surface area contributed by atoms with E-state index in [0.717, 1.165) is 56.2 Å². The molecule has 0 fully saturated rings. The number of unbranched alkanes of at least 4 members (excludes halogenated alkanes) is 1. The lowest BCUT2D eigenvalue weighted by Gasteiger charge is -2.34. The molecule has 0 N–H and O–H groups in total. The number of quaternary nitrogens is 1. The zero-order valence-electron chi connectivity index (χ0n) is 20.8. The van der Waals surface area contributed by atoms with Crippen LogP contribution in [0.3, 0.4) is 0 Å². The zero-order chi connectivity index (χ0) is 24.0. The van der Waals surface area contributed by atoms with Crippen molar-refractivity contribution in [1.82, 2.24) is 0 Å². The van der Waals surface area contributed by atoms with Gasteiger partial charge in [0.2, 0.25) is 0 Å². The zero-order valence-corrected chi connectivity index (χ0v) is 21.6. The molecule has 0 aromatic heterocycles. The second kappa shape index (κ2) is 14.5. The van der Waals surface area contributed by atoms with E-state index in [0.29, 0.717) is 6.42 Å². The fourth-order valence-electron chi connectivity index (χ4n) is 3.75. The lowest BCUT2D eigenvalue weighted by Crippen LogP contribution is -2.44. The van der Waals surface area contributed by atoms with Crippen LogP contribution in [0.2, 0.25) is 0 Å². The molecule has 5 heteroatoms. The molecule has 0 spiro atoms. The average Bonchev–Trinajstić information content (AvgIpc) is 2.70. The molecule has 0 aliphatic heterocycles. The Kier molecular flexibility index (Phi) is 12.8. The van der Waals surface area contributed by atoms with Crippen molar-refractivity contribution in [2.45, 2.75) is 72.8 Å². The van der Waals surface area contributed by atoms with Crippen LogP contribution in [-0.4, -0.2) is 43.3 Å². The monoisotopic (exact) mass is 461 g/mol. The van der Waals surface area contributed by atoms with Crippen molar-refractivity contribution in [3.05, 3.63) is 70.8 Å². The number of likely N-dealkylation sites (N-methyl/N-ethyl adjacent to an activating group) is 1. The van der Waals surface area contributed by atoms with E-state index in [1.165, 1.54) is 22.3 Å². The third-order valence-corrected chi connectivity index (χ3v) is 6.54. The summed E-state index contributed by atoms with van der Waals surface area (Å²) in [7, 11) is -1.91. The Morgan fingerprint density at radius 1 is 0.906 bits per heavy atom. The Labute approximate surface area is 197 Å². The summed E-state index contributed by atoms with van der Waals surface area (Å²) in [5, 5.41) is 0. The van der Waals surface area contributed by atoms with Gasteiger partial charge in [-0.3, -0.25) is 0 Å². The number of hydrogen-bond acceptors (Lipinski definition) is 3. The Bertz CT molecular complexity index is 865. The van der Waals surface area contributed by atoms with Crippen LogP contribution in [-0.2, 0) is 16.7 Å². The molecular formula is C27H43NO3S. The van der Waals surface area contributed by atoms with Crippen molar-refractivity contribution >= 4 is 10.1 Å². The summed E-state index contributed by atoms with van der Waals surface area (Å²) in [6.07, 6.45) is 12.5. The van der Waals surface area contributed by atoms with Gasteiger partial charge in [-0.15, -0.1) is 0 Å². The van der Waals surface area contributed by atoms with Gasteiger partial charge >= 0.3 is 0 Å².